The van der Waals surface area contributed by atoms with Gasteiger partial charge in [-0.05, 0) is 50.8 Å². The van der Waals surface area contributed by atoms with E-state index < -0.39 is 12.7 Å². The largest absolute Gasteiger partial charge is 0.401 e. The van der Waals surface area contributed by atoms with E-state index in [1.807, 2.05) is 0 Å². The highest BCUT2D eigenvalue weighted by atomic mass is 19.4. The van der Waals surface area contributed by atoms with Crippen LogP contribution >= 0.6 is 0 Å². The number of piperidine rings is 1. The lowest BCUT2D eigenvalue weighted by Crippen LogP contribution is -2.41. The topological polar surface area (TPSA) is 39.7 Å². The predicted molar refractivity (Wildman–Crippen MR) is 99.2 cm³/mol. The van der Waals surface area contributed by atoms with E-state index in [4.69, 9.17) is 0 Å². The van der Waals surface area contributed by atoms with Crippen LogP contribution in [0.2, 0.25) is 0 Å². The summed E-state index contributed by atoms with van der Waals surface area (Å²) >= 11 is 0. The van der Waals surface area contributed by atoms with E-state index in [2.05, 4.69) is 46.8 Å². The van der Waals surface area contributed by atoms with Gasteiger partial charge in [0.15, 0.2) is 5.96 Å². The first-order valence-corrected chi connectivity index (χ1v) is 9.15. The third-order valence-electron chi connectivity index (χ3n) is 4.76. The molecule has 1 fully saturated rings. The van der Waals surface area contributed by atoms with E-state index in [-0.39, 0.29) is 0 Å². The van der Waals surface area contributed by atoms with Gasteiger partial charge in [0.2, 0.25) is 0 Å². The van der Waals surface area contributed by atoms with Crippen molar-refractivity contribution in [2.24, 2.45) is 10.9 Å². The predicted octanol–water partition coefficient (Wildman–Crippen LogP) is 3.32. The molecule has 0 atom stereocenters. The van der Waals surface area contributed by atoms with E-state index >= 15 is 0 Å². The van der Waals surface area contributed by atoms with E-state index in [1.165, 1.54) is 16.0 Å². The summed E-state index contributed by atoms with van der Waals surface area (Å²) in [6, 6.07) is 8.34. The third kappa shape index (κ3) is 7.64. The molecule has 4 nitrogen and oxygen atoms in total. The Labute approximate surface area is 153 Å². The number of guanidine groups is 1. The number of benzene rings is 1. The molecule has 0 bridgehead atoms. The van der Waals surface area contributed by atoms with Crippen LogP contribution < -0.4 is 10.6 Å². The monoisotopic (exact) mass is 370 g/mol. The normalized spacial score (nSPS) is 17.3. The van der Waals surface area contributed by atoms with Crippen LogP contribution in [0.15, 0.2) is 29.3 Å². The number of hydrogen-bond donors (Lipinski definition) is 2. The number of alkyl halides is 3. The molecule has 0 spiro atoms. The fourth-order valence-electron chi connectivity index (χ4n) is 3.19. The van der Waals surface area contributed by atoms with Gasteiger partial charge in [0.05, 0.1) is 6.54 Å². The van der Waals surface area contributed by atoms with Gasteiger partial charge in [-0.3, -0.25) is 9.89 Å². The molecule has 1 aromatic rings. The summed E-state index contributed by atoms with van der Waals surface area (Å²) in [7, 11) is 1.74. The van der Waals surface area contributed by atoms with Crippen LogP contribution in [-0.4, -0.2) is 50.3 Å². The summed E-state index contributed by atoms with van der Waals surface area (Å²) in [5, 5.41) is 6.57. The zero-order chi connectivity index (χ0) is 19.0. The van der Waals surface area contributed by atoms with Crippen molar-refractivity contribution in [2.75, 3.05) is 33.2 Å². The van der Waals surface area contributed by atoms with E-state index in [0.717, 1.165) is 31.8 Å². The zero-order valence-electron chi connectivity index (χ0n) is 15.6. The van der Waals surface area contributed by atoms with E-state index in [1.54, 1.807) is 7.05 Å². The van der Waals surface area contributed by atoms with Crippen LogP contribution in [0.25, 0.3) is 0 Å². The Balaban J connectivity index is 1.63. The minimum absolute atomic E-state index is 0.474. The lowest BCUT2D eigenvalue weighted by atomic mass is 9.93. The van der Waals surface area contributed by atoms with Gasteiger partial charge >= 0.3 is 6.18 Å². The van der Waals surface area contributed by atoms with Gasteiger partial charge in [0.1, 0.15) is 0 Å². The summed E-state index contributed by atoms with van der Waals surface area (Å²) in [4.78, 5) is 5.72. The Bertz CT molecular complexity index is 561. The fourth-order valence-corrected chi connectivity index (χ4v) is 3.19. The van der Waals surface area contributed by atoms with Crippen LogP contribution in [0.4, 0.5) is 13.2 Å². The van der Waals surface area contributed by atoms with Gasteiger partial charge in [-0.1, -0.05) is 29.8 Å². The van der Waals surface area contributed by atoms with Gasteiger partial charge in [0.25, 0.3) is 0 Å². The number of nitrogens with zero attached hydrogens (tertiary/aromatic N) is 2. The average molecular weight is 370 g/mol. The number of rotatable bonds is 6. The quantitative estimate of drug-likeness (QED) is 0.596. The number of likely N-dealkylation sites (tertiary alicyclic amines) is 1. The molecule has 7 heteroatoms. The number of aryl methyl sites for hydroxylation is 1. The highest BCUT2D eigenvalue weighted by Crippen LogP contribution is 2.23. The standard InChI is InChI=1S/C19H29F3N4/c1-15-3-5-17(6-4-15)13-25-18(23-2)24-10-7-16-8-11-26(12-9-16)14-19(20,21)22/h3-6,16H,7-14H2,1-2H3,(H2,23,24,25). The molecule has 1 saturated heterocycles. The van der Waals surface area contributed by atoms with Gasteiger partial charge in [-0.25, -0.2) is 0 Å². The van der Waals surface area contributed by atoms with Crippen molar-refractivity contribution >= 4 is 5.96 Å². The number of nitrogens with one attached hydrogen (secondary N) is 2. The molecule has 0 aromatic heterocycles. The first kappa shape index (κ1) is 20.6. The third-order valence-corrected chi connectivity index (χ3v) is 4.76. The Kier molecular flexibility index (Phi) is 7.75. The Morgan fingerprint density at radius 3 is 2.38 bits per heavy atom. The molecular formula is C19H29F3N4. The number of hydrogen-bond acceptors (Lipinski definition) is 2. The average Bonchev–Trinajstić information content (AvgIpc) is 2.59. The lowest BCUT2D eigenvalue weighted by molar-refractivity contribution is -0.148. The van der Waals surface area contributed by atoms with Crippen molar-refractivity contribution in [2.45, 2.75) is 38.9 Å². The maximum atomic E-state index is 12.4. The Morgan fingerprint density at radius 2 is 1.81 bits per heavy atom. The molecule has 1 aliphatic heterocycles. The second kappa shape index (κ2) is 9.80. The van der Waals surface area contributed by atoms with Crippen LogP contribution in [0.5, 0.6) is 0 Å². The molecule has 26 heavy (non-hydrogen) atoms. The molecule has 0 radical (unpaired) electrons. The van der Waals surface area contributed by atoms with E-state index in [0.29, 0.717) is 25.6 Å². The van der Waals surface area contributed by atoms with Crippen molar-refractivity contribution in [3.8, 4) is 0 Å². The minimum atomic E-state index is -4.09. The summed E-state index contributed by atoms with van der Waals surface area (Å²) in [6.07, 6.45) is -1.49. The SMILES string of the molecule is CN=C(NCCC1CCN(CC(F)(F)F)CC1)NCc1ccc(C)cc1. The number of halogens is 3. The highest BCUT2D eigenvalue weighted by Gasteiger charge is 2.32. The van der Waals surface area contributed by atoms with Crippen molar-refractivity contribution in [1.29, 1.82) is 0 Å². The maximum Gasteiger partial charge on any atom is 0.401 e. The summed E-state index contributed by atoms with van der Waals surface area (Å²) in [6.45, 7) is 3.82. The smallest absolute Gasteiger partial charge is 0.356 e. The molecule has 0 unspecified atom stereocenters. The van der Waals surface area contributed by atoms with Crippen molar-refractivity contribution in [1.82, 2.24) is 15.5 Å². The van der Waals surface area contributed by atoms with Crippen molar-refractivity contribution < 1.29 is 13.2 Å². The molecule has 1 aromatic carbocycles. The Morgan fingerprint density at radius 1 is 1.15 bits per heavy atom. The van der Waals surface area contributed by atoms with Crippen molar-refractivity contribution in [3.05, 3.63) is 35.4 Å². The first-order valence-electron chi connectivity index (χ1n) is 9.15. The molecule has 146 valence electrons. The summed E-state index contributed by atoms with van der Waals surface area (Å²) < 4.78 is 37.2. The van der Waals surface area contributed by atoms with Crippen LogP contribution in [0.1, 0.15) is 30.4 Å². The lowest BCUT2D eigenvalue weighted by Gasteiger charge is -2.32. The van der Waals surface area contributed by atoms with Crippen LogP contribution in [0, 0.1) is 12.8 Å². The fraction of sp³-hybridized carbons (Fsp3) is 0.632. The molecule has 2 rings (SSSR count). The molecule has 1 aliphatic rings. The number of aliphatic imine (C=N–C) groups is 1. The Hall–Kier alpha value is -1.76. The molecular weight excluding hydrogens is 341 g/mol. The molecule has 0 amide bonds. The van der Waals surface area contributed by atoms with Gasteiger partial charge in [-0.2, -0.15) is 13.2 Å². The highest BCUT2D eigenvalue weighted by molar-refractivity contribution is 5.79. The second-order valence-electron chi connectivity index (χ2n) is 6.96. The summed E-state index contributed by atoms with van der Waals surface area (Å²) in [5.74, 6) is 1.22. The minimum Gasteiger partial charge on any atom is -0.356 e. The van der Waals surface area contributed by atoms with Crippen LogP contribution in [-0.2, 0) is 6.54 Å². The second-order valence-corrected chi connectivity index (χ2v) is 6.96. The molecule has 1 heterocycles. The van der Waals surface area contributed by atoms with Crippen LogP contribution in [0.3, 0.4) is 0 Å². The molecule has 0 aliphatic carbocycles. The maximum absolute atomic E-state index is 12.4. The summed E-state index contributed by atoms with van der Waals surface area (Å²) in [5.41, 5.74) is 2.42. The zero-order valence-corrected chi connectivity index (χ0v) is 15.6. The van der Waals surface area contributed by atoms with Gasteiger partial charge in [-0.15, -0.1) is 0 Å². The first-order chi connectivity index (χ1) is 12.4. The van der Waals surface area contributed by atoms with E-state index in [9.17, 15) is 13.2 Å². The molecule has 2 N–H and O–H groups in total. The molecule has 0 saturated carbocycles. The van der Waals surface area contributed by atoms with Crippen molar-refractivity contribution in [3.63, 3.8) is 0 Å². The van der Waals surface area contributed by atoms with Gasteiger partial charge in [0, 0.05) is 20.1 Å². The van der Waals surface area contributed by atoms with Gasteiger partial charge < -0.3 is 10.6 Å².